The van der Waals surface area contributed by atoms with Gasteiger partial charge in [0.15, 0.2) is 6.04 Å². The third kappa shape index (κ3) is 3.22. The quantitative estimate of drug-likeness (QED) is 0.724. The van der Waals surface area contributed by atoms with E-state index in [1.807, 2.05) is 0 Å². The van der Waals surface area contributed by atoms with Crippen LogP contribution in [0, 0.1) is 0 Å². The first kappa shape index (κ1) is 18.7. The summed E-state index contributed by atoms with van der Waals surface area (Å²) in [6.07, 6.45) is -0.723. The van der Waals surface area contributed by atoms with Gasteiger partial charge in [0, 0.05) is 17.0 Å². The summed E-state index contributed by atoms with van der Waals surface area (Å²) in [7, 11) is 0. The first-order chi connectivity index (χ1) is 13.8. The van der Waals surface area contributed by atoms with E-state index in [1.54, 1.807) is 30.5 Å². The van der Waals surface area contributed by atoms with E-state index in [1.165, 1.54) is 6.20 Å². The molecule has 2 aromatic heterocycles. The second-order valence-corrected chi connectivity index (χ2v) is 6.40. The molecule has 1 aliphatic rings. The highest BCUT2D eigenvalue weighted by Gasteiger charge is 2.44. The Labute approximate surface area is 162 Å². The third-order valence-corrected chi connectivity index (χ3v) is 4.65. The summed E-state index contributed by atoms with van der Waals surface area (Å²) in [6.45, 7) is -0.246. The van der Waals surface area contributed by atoms with Crippen molar-refractivity contribution in [1.29, 1.82) is 0 Å². The second kappa shape index (κ2) is 6.73. The van der Waals surface area contributed by atoms with Gasteiger partial charge in [-0.15, -0.1) is 0 Å². The SMILES string of the molecule is O=C(O)C1CN(c2ccc(C(F)(F)F)nc2)C(=O)N1c1cncc2ccccc12. The minimum atomic E-state index is -4.61. The number of carboxylic acids is 1. The molecule has 1 saturated heterocycles. The number of pyridine rings is 2. The number of alkyl halides is 3. The molecule has 1 aliphatic heterocycles. The summed E-state index contributed by atoms with van der Waals surface area (Å²) in [5.74, 6) is -1.24. The monoisotopic (exact) mass is 402 g/mol. The Hall–Kier alpha value is -3.69. The number of carboxylic acid groups (broad SMARTS) is 1. The van der Waals surface area contributed by atoms with Crippen LogP contribution in [0.1, 0.15) is 5.69 Å². The van der Waals surface area contributed by atoms with Crippen LogP contribution >= 0.6 is 0 Å². The van der Waals surface area contributed by atoms with Crippen LogP contribution in [-0.2, 0) is 11.0 Å². The van der Waals surface area contributed by atoms with Crippen molar-refractivity contribution in [2.45, 2.75) is 12.2 Å². The van der Waals surface area contributed by atoms with E-state index in [0.717, 1.165) is 33.5 Å². The Kier molecular flexibility index (Phi) is 4.33. The highest BCUT2D eigenvalue weighted by molar-refractivity contribution is 6.14. The highest BCUT2D eigenvalue weighted by atomic mass is 19.4. The van der Waals surface area contributed by atoms with Crippen molar-refractivity contribution < 1.29 is 27.9 Å². The van der Waals surface area contributed by atoms with Gasteiger partial charge < -0.3 is 5.11 Å². The number of carbonyl (C=O) groups is 2. The molecule has 4 rings (SSSR count). The van der Waals surface area contributed by atoms with Crippen molar-refractivity contribution in [3.63, 3.8) is 0 Å². The fourth-order valence-electron chi connectivity index (χ4n) is 3.28. The van der Waals surface area contributed by atoms with Crippen molar-refractivity contribution >= 4 is 34.1 Å². The Balaban J connectivity index is 1.75. The molecule has 1 unspecified atom stereocenters. The van der Waals surface area contributed by atoms with Gasteiger partial charge in [0.2, 0.25) is 0 Å². The van der Waals surface area contributed by atoms with Gasteiger partial charge in [-0.2, -0.15) is 13.2 Å². The minimum absolute atomic E-state index is 0.0740. The number of nitrogens with zero attached hydrogens (tertiary/aromatic N) is 4. The second-order valence-electron chi connectivity index (χ2n) is 6.40. The van der Waals surface area contributed by atoms with Gasteiger partial charge in [-0.1, -0.05) is 24.3 Å². The number of hydrogen-bond donors (Lipinski definition) is 1. The topological polar surface area (TPSA) is 86.6 Å². The van der Waals surface area contributed by atoms with Gasteiger partial charge in [-0.25, -0.2) is 14.6 Å². The predicted molar refractivity (Wildman–Crippen MR) is 97.6 cm³/mol. The molecule has 7 nitrogen and oxygen atoms in total. The van der Waals surface area contributed by atoms with Gasteiger partial charge in [0.05, 0.1) is 30.3 Å². The van der Waals surface area contributed by atoms with Crippen molar-refractivity contribution in [3.8, 4) is 0 Å². The fourth-order valence-corrected chi connectivity index (χ4v) is 3.28. The third-order valence-electron chi connectivity index (χ3n) is 4.65. The number of carbonyl (C=O) groups excluding carboxylic acids is 1. The fraction of sp³-hybridized carbons (Fsp3) is 0.158. The van der Waals surface area contributed by atoms with Crippen LogP contribution in [0.2, 0.25) is 0 Å². The van der Waals surface area contributed by atoms with Gasteiger partial charge >= 0.3 is 18.2 Å². The van der Waals surface area contributed by atoms with E-state index in [9.17, 15) is 27.9 Å². The number of hydrogen-bond acceptors (Lipinski definition) is 4. The van der Waals surface area contributed by atoms with Crippen molar-refractivity contribution in [2.75, 3.05) is 16.3 Å². The zero-order valence-corrected chi connectivity index (χ0v) is 14.7. The van der Waals surface area contributed by atoms with Crippen LogP contribution in [0.15, 0.2) is 55.0 Å². The van der Waals surface area contributed by atoms with E-state index >= 15 is 0 Å². The molecule has 10 heteroatoms. The number of amides is 2. The molecule has 0 bridgehead atoms. The smallest absolute Gasteiger partial charge is 0.433 e. The number of rotatable bonds is 3. The predicted octanol–water partition coefficient (Wildman–Crippen LogP) is 3.55. The lowest BCUT2D eigenvalue weighted by Gasteiger charge is -2.22. The Morgan fingerprint density at radius 1 is 1.10 bits per heavy atom. The first-order valence-corrected chi connectivity index (χ1v) is 8.47. The summed E-state index contributed by atoms with van der Waals surface area (Å²) < 4.78 is 38.2. The van der Waals surface area contributed by atoms with E-state index in [-0.39, 0.29) is 12.2 Å². The molecule has 2 amide bonds. The lowest BCUT2D eigenvalue weighted by Crippen LogP contribution is -2.40. The molecule has 0 saturated carbocycles. The van der Waals surface area contributed by atoms with E-state index in [4.69, 9.17) is 0 Å². The maximum absolute atomic E-state index is 13.1. The molecule has 0 radical (unpaired) electrons. The average Bonchev–Trinajstić information content (AvgIpc) is 3.04. The Morgan fingerprint density at radius 2 is 1.86 bits per heavy atom. The molecule has 0 spiro atoms. The molecule has 29 heavy (non-hydrogen) atoms. The van der Waals surface area contributed by atoms with Crippen LogP contribution in [-0.4, -0.2) is 39.7 Å². The Morgan fingerprint density at radius 3 is 2.52 bits per heavy atom. The van der Waals surface area contributed by atoms with Crippen molar-refractivity contribution in [2.24, 2.45) is 0 Å². The number of halogens is 3. The summed E-state index contributed by atoms with van der Waals surface area (Å²) in [6, 6.07) is 6.97. The van der Waals surface area contributed by atoms with Gasteiger partial charge in [0.25, 0.3) is 0 Å². The number of aliphatic carboxylic acids is 1. The standard InChI is InChI=1S/C19H13F3N4O3/c20-19(21,22)16-6-5-12(8-24-16)25-10-15(17(27)28)26(18(25)29)14-9-23-7-11-3-1-2-4-13(11)14/h1-9,15H,10H2,(H,27,28). The minimum Gasteiger partial charge on any atom is -0.480 e. The van der Waals surface area contributed by atoms with Crippen LogP contribution in [0.3, 0.4) is 0 Å². The molecular weight excluding hydrogens is 389 g/mol. The van der Waals surface area contributed by atoms with Gasteiger partial charge in [-0.3, -0.25) is 14.8 Å². The number of urea groups is 1. The molecule has 3 aromatic rings. The normalized spacial score (nSPS) is 17.2. The highest BCUT2D eigenvalue weighted by Crippen LogP contribution is 2.34. The van der Waals surface area contributed by atoms with Crippen LogP contribution in [0.4, 0.5) is 29.3 Å². The lowest BCUT2D eigenvalue weighted by molar-refractivity contribution is -0.141. The molecule has 1 atom stereocenters. The number of anilines is 2. The summed E-state index contributed by atoms with van der Waals surface area (Å²) in [4.78, 5) is 34.5. The average molecular weight is 402 g/mol. The number of benzene rings is 1. The summed E-state index contributed by atoms with van der Waals surface area (Å²) in [5, 5.41) is 11.0. The molecular formula is C19H13F3N4O3. The van der Waals surface area contributed by atoms with Crippen molar-refractivity contribution in [1.82, 2.24) is 9.97 Å². The maximum atomic E-state index is 13.1. The van der Waals surface area contributed by atoms with Crippen LogP contribution in [0.5, 0.6) is 0 Å². The lowest BCUT2D eigenvalue weighted by atomic mass is 10.1. The van der Waals surface area contributed by atoms with Gasteiger partial charge in [0.1, 0.15) is 5.69 Å². The molecule has 1 N–H and O–H groups in total. The molecule has 3 heterocycles. The molecule has 0 aliphatic carbocycles. The summed E-state index contributed by atoms with van der Waals surface area (Å²) in [5.41, 5.74) is -0.717. The van der Waals surface area contributed by atoms with E-state index in [2.05, 4.69) is 9.97 Å². The van der Waals surface area contributed by atoms with Crippen molar-refractivity contribution in [3.05, 3.63) is 60.7 Å². The van der Waals surface area contributed by atoms with E-state index in [0.29, 0.717) is 11.1 Å². The molecule has 1 fully saturated rings. The Bertz CT molecular complexity index is 1100. The zero-order chi connectivity index (χ0) is 20.8. The van der Waals surface area contributed by atoms with E-state index < -0.39 is 29.9 Å². The number of aromatic nitrogens is 2. The maximum Gasteiger partial charge on any atom is 0.433 e. The zero-order valence-electron chi connectivity index (χ0n) is 14.7. The number of fused-ring (bicyclic) bond motifs is 1. The van der Waals surface area contributed by atoms with Gasteiger partial charge in [-0.05, 0) is 12.1 Å². The molecule has 148 valence electrons. The first-order valence-electron chi connectivity index (χ1n) is 8.47. The van der Waals surface area contributed by atoms with Crippen LogP contribution in [0.25, 0.3) is 10.8 Å². The largest absolute Gasteiger partial charge is 0.480 e. The molecule has 1 aromatic carbocycles. The summed E-state index contributed by atoms with van der Waals surface area (Å²) >= 11 is 0. The van der Waals surface area contributed by atoms with Crippen LogP contribution < -0.4 is 9.80 Å².